The summed E-state index contributed by atoms with van der Waals surface area (Å²) >= 11 is 0. The van der Waals surface area contributed by atoms with Gasteiger partial charge in [0, 0.05) is 13.1 Å². The average molecular weight is 159 g/mol. The van der Waals surface area contributed by atoms with Gasteiger partial charge in [-0.25, -0.2) is 0 Å². The third kappa shape index (κ3) is 5.22. The van der Waals surface area contributed by atoms with Crippen molar-refractivity contribution >= 4 is 0 Å². The average Bonchev–Trinajstić information content (AvgIpc) is 2.11. The maximum absolute atomic E-state index is 5.20. The maximum Gasteiger partial charge on any atom is 0.0594 e. The summed E-state index contributed by atoms with van der Waals surface area (Å²) < 4.78 is 5.20. The molecule has 1 heterocycles. The molecule has 0 N–H and O–H groups in total. The van der Waals surface area contributed by atoms with Gasteiger partial charge < -0.3 is 4.74 Å². The van der Waals surface area contributed by atoms with Crippen molar-refractivity contribution in [1.29, 1.82) is 0 Å². The van der Waals surface area contributed by atoms with E-state index in [-0.39, 0.29) is 0 Å². The predicted molar refractivity (Wildman–Crippen MR) is 48.9 cm³/mol. The molecule has 0 aromatic heterocycles. The number of ether oxygens (including phenoxy) is 1. The Kier molecular flexibility index (Phi) is 7.96. The van der Waals surface area contributed by atoms with Crippen LogP contribution in [0.3, 0.4) is 0 Å². The summed E-state index contributed by atoms with van der Waals surface area (Å²) in [5, 5.41) is 0. The second kappa shape index (κ2) is 8.02. The number of nitrogens with zero attached hydrogens (tertiary/aromatic N) is 1. The number of hydrogen-bond acceptors (Lipinski definition) is 2. The summed E-state index contributed by atoms with van der Waals surface area (Å²) in [6, 6.07) is 0. The van der Waals surface area contributed by atoms with Crippen LogP contribution in [0.1, 0.15) is 27.2 Å². The van der Waals surface area contributed by atoms with Crippen LogP contribution in [0.2, 0.25) is 0 Å². The number of hydrogen-bond donors (Lipinski definition) is 0. The lowest BCUT2D eigenvalue weighted by Crippen LogP contribution is -2.36. The first-order valence-corrected chi connectivity index (χ1v) is 4.73. The third-order valence-corrected chi connectivity index (χ3v) is 1.64. The van der Waals surface area contributed by atoms with E-state index in [1.807, 2.05) is 13.8 Å². The highest BCUT2D eigenvalue weighted by molar-refractivity contribution is 4.59. The van der Waals surface area contributed by atoms with Gasteiger partial charge in [-0.2, -0.15) is 0 Å². The second-order valence-electron chi connectivity index (χ2n) is 2.45. The summed E-state index contributed by atoms with van der Waals surface area (Å²) in [7, 11) is 0. The molecule has 0 spiro atoms. The van der Waals surface area contributed by atoms with Crippen molar-refractivity contribution in [2.45, 2.75) is 27.2 Å². The lowest BCUT2D eigenvalue weighted by molar-refractivity contribution is 0.0380. The van der Waals surface area contributed by atoms with E-state index in [0.717, 1.165) is 26.3 Å². The molecular formula is C9H21NO. The molecule has 0 atom stereocenters. The minimum atomic E-state index is 0.931. The quantitative estimate of drug-likeness (QED) is 0.608. The zero-order valence-corrected chi connectivity index (χ0v) is 8.10. The standard InChI is InChI=1S/C7H15NO.C2H6/c1-2-3-8-4-6-9-7-5-8;1-2/h2-7H2,1H3;1-2H3. The Morgan fingerprint density at radius 1 is 1.18 bits per heavy atom. The maximum atomic E-state index is 5.20. The molecule has 0 amide bonds. The predicted octanol–water partition coefficient (Wildman–Crippen LogP) is 1.75. The van der Waals surface area contributed by atoms with Gasteiger partial charge in [0.1, 0.15) is 0 Å². The minimum Gasteiger partial charge on any atom is -0.379 e. The van der Waals surface area contributed by atoms with Crippen LogP contribution in [-0.4, -0.2) is 37.7 Å². The van der Waals surface area contributed by atoms with Crippen LogP contribution in [0.25, 0.3) is 0 Å². The molecule has 68 valence electrons. The number of rotatable bonds is 2. The Morgan fingerprint density at radius 2 is 1.73 bits per heavy atom. The summed E-state index contributed by atoms with van der Waals surface area (Å²) in [6.45, 7) is 11.6. The van der Waals surface area contributed by atoms with Gasteiger partial charge in [0.25, 0.3) is 0 Å². The molecule has 0 radical (unpaired) electrons. The van der Waals surface area contributed by atoms with E-state index in [1.54, 1.807) is 0 Å². The number of morpholine rings is 1. The van der Waals surface area contributed by atoms with Gasteiger partial charge in [0.2, 0.25) is 0 Å². The zero-order valence-electron chi connectivity index (χ0n) is 8.10. The van der Waals surface area contributed by atoms with Crippen molar-refractivity contribution in [1.82, 2.24) is 4.90 Å². The summed E-state index contributed by atoms with van der Waals surface area (Å²) in [6.07, 6.45) is 1.26. The molecule has 0 aromatic rings. The van der Waals surface area contributed by atoms with Gasteiger partial charge in [0.05, 0.1) is 13.2 Å². The fourth-order valence-corrected chi connectivity index (χ4v) is 1.14. The molecule has 1 saturated heterocycles. The Hall–Kier alpha value is -0.0800. The second-order valence-corrected chi connectivity index (χ2v) is 2.45. The molecule has 0 aliphatic carbocycles. The molecule has 11 heavy (non-hydrogen) atoms. The van der Waals surface area contributed by atoms with Gasteiger partial charge in [-0.1, -0.05) is 20.8 Å². The van der Waals surface area contributed by atoms with Crippen molar-refractivity contribution in [2.75, 3.05) is 32.8 Å². The molecule has 1 aliphatic heterocycles. The molecule has 0 saturated carbocycles. The van der Waals surface area contributed by atoms with Crippen molar-refractivity contribution in [2.24, 2.45) is 0 Å². The molecule has 1 fully saturated rings. The van der Waals surface area contributed by atoms with Gasteiger partial charge in [0.15, 0.2) is 0 Å². The van der Waals surface area contributed by atoms with Gasteiger partial charge >= 0.3 is 0 Å². The smallest absolute Gasteiger partial charge is 0.0594 e. The van der Waals surface area contributed by atoms with Crippen LogP contribution >= 0.6 is 0 Å². The lowest BCUT2D eigenvalue weighted by Gasteiger charge is -2.25. The molecule has 0 bridgehead atoms. The normalized spacial score (nSPS) is 18.8. The Balaban J connectivity index is 0.000000461. The first-order valence-electron chi connectivity index (χ1n) is 4.73. The van der Waals surface area contributed by atoms with Crippen LogP contribution < -0.4 is 0 Å². The molecule has 1 rings (SSSR count). The van der Waals surface area contributed by atoms with Gasteiger partial charge in [-0.15, -0.1) is 0 Å². The van der Waals surface area contributed by atoms with Gasteiger partial charge in [-0.05, 0) is 13.0 Å². The molecular weight excluding hydrogens is 138 g/mol. The largest absolute Gasteiger partial charge is 0.379 e. The molecule has 1 aliphatic rings. The fraction of sp³-hybridized carbons (Fsp3) is 1.00. The monoisotopic (exact) mass is 159 g/mol. The minimum absolute atomic E-state index is 0.931. The van der Waals surface area contributed by atoms with Crippen molar-refractivity contribution in [3.05, 3.63) is 0 Å². The van der Waals surface area contributed by atoms with E-state index in [9.17, 15) is 0 Å². The fourth-order valence-electron chi connectivity index (χ4n) is 1.14. The van der Waals surface area contributed by atoms with Crippen molar-refractivity contribution < 1.29 is 4.74 Å². The van der Waals surface area contributed by atoms with E-state index < -0.39 is 0 Å². The van der Waals surface area contributed by atoms with E-state index in [0.29, 0.717) is 0 Å². The van der Waals surface area contributed by atoms with Crippen LogP contribution in [-0.2, 0) is 4.74 Å². The molecule has 2 nitrogen and oxygen atoms in total. The summed E-state index contributed by atoms with van der Waals surface area (Å²) in [4.78, 5) is 2.45. The molecule has 2 heteroatoms. The van der Waals surface area contributed by atoms with E-state index >= 15 is 0 Å². The Labute approximate surface area is 70.5 Å². The van der Waals surface area contributed by atoms with Crippen LogP contribution in [0.15, 0.2) is 0 Å². The van der Waals surface area contributed by atoms with Crippen LogP contribution in [0, 0.1) is 0 Å². The SMILES string of the molecule is CC.CCCN1CCOCC1. The third-order valence-electron chi connectivity index (χ3n) is 1.64. The zero-order chi connectivity index (χ0) is 8.53. The lowest BCUT2D eigenvalue weighted by atomic mass is 10.4. The van der Waals surface area contributed by atoms with E-state index in [2.05, 4.69) is 11.8 Å². The Bertz CT molecular complexity index is 67.2. The van der Waals surface area contributed by atoms with Crippen molar-refractivity contribution in [3.8, 4) is 0 Å². The van der Waals surface area contributed by atoms with Crippen LogP contribution in [0.5, 0.6) is 0 Å². The topological polar surface area (TPSA) is 12.5 Å². The molecule has 0 unspecified atom stereocenters. The van der Waals surface area contributed by atoms with E-state index in [4.69, 9.17) is 4.74 Å². The van der Waals surface area contributed by atoms with Crippen LogP contribution in [0.4, 0.5) is 0 Å². The summed E-state index contributed by atoms with van der Waals surface area (Å²) in [5.74, 6) is 0. The highest BCUT2D eigenvalue weighted by Gasteiger charge is 2.07. The highest BCUT2D eigenvalue weighted by atomic mass is 16.5. The summed E-state index contributed by atoms with van der Waals surface area (Å²) in [5.41, 5.74) is 0. The van der Waals surface area contributed by atoms with E-state index in [1.165, 1.54) is 13.0 Å². The first-order chi connectivity index (χ1) is 5.43. The first kappa shape index (κ1) is 10.9. The van der Waals surface area contributed by atoms with Crippen molar-refractivity contribution in [3.63, 3.8) is 0 Å². The van der Waals surface area contributed by atoms with Gasteiger partial charge in [-0.3, -0.25) is 4.90 Å². The highest BCUT2D eigenvalue weighted by Crippen LogP contribution is 1.96. The Morgan fingerprint density at radius 3 is 2.18 bits per heavy atom. The molecule has 0 aromatic carbocycles.